The molecule has 0 radical (unpaired) electrons. The van der Waals surface area contributed by atoms with E-state index in [9.17, 15) is 14.7 Å². The van der Waals surface area contributed by atoms with E-state index in [0.717, 1.165) is 13.0 Å². The average Bonchev–Trinajstić information content (AvgIpc) is 2.31. The molecule has 1 saturated heterocycles. The minimum Gasteiger partial charge on any atom is -0.467 e. The Kier molecular flexibility index (Phi) is 5.55. The van der Waals surface area contributed by atoms with E-state index in [4.69, 9.17) is 0 Å². The van der Waals surface area contributed by atoms with Crippen molar-refractivity contribution in [2.24, 2.45) is 5.92 Å². The zero-order valence-corrected chi connectivity index (χ0v) is 11.2. The molecule has 2 N–H and O–H groups in total. The zero-order chi connectivity index (χ0) is 13.7. The van der Waals surface area contributed by atoms with Crippen LogP contribution in [0.5, 0.6) is 0 Å². The van der Waals surface area contributed by atoms with Crippen molar-refractivity contribution in [2.45, 2.75) is 32.4 Å². The van der Waals surface area contributed by atoms with Gasteiger partial charge >= 0.3 is 5.97 Å². The monoisotopic (exact) mass is 258 g/mol. The van der Waals surface area contributed by atoms with Gasteiger partial charge in [0.15, 0.2) is 0 Å². The zero-order valence-electron chi connectivity index (χ0n) is 11.2. The van der Waals surface area contributed by atoms with Crippen LogP contribution >= 0.6 is 0 Å². The van der Waals surface area contributed by atoms with E-state index in [1.807, 2.05) is 11.8 Å². The Morgan fingerprint density at radius 1 is 1.56 bits per heavy atom. The summed E-state index contributed by atoms with van der Waals surface area (Å²) in [6.45, 7) is 5.08. The Bertz CT molecular complexity index is 308. The van der Waals surface area contributed by atoms with Gasteiger partial charge in [-0.3, -0.25) is 9.69 Å². The van der Waals surface area contributed by atoms with Crippen LogP contribution in [0.25, 0.3) is 0 Å². The normalized spacial score (nSPS) is 26.4. The van der Waals surface area contributed by atoms with E-state index in [1.54, 1.807) is 0 Å². The van der Waals surface area contributed by atoms with Crippen molar-refractivity contribution >= 4 is 11.9 Å². The largest absolute Gasteiger partial charge is 0.467 e. The first-order chi connectivity index (χ1) is 8.43. The summed E-state index contributed by atoms with van der Waals surface area (Å²) in [6, 6.07) is -0.673. The summed E-state index contributed by atoms with van der Waals surface area (Å²) in [6.07, 6.45) is 0.504. The minimum atomic E-state index is -0.673. The molecule has 0 aromatic heterocycles. The van der Waals surface area contributed by atoms with Crippen molar-refractivity contribution < 1.29 is 19.4 Å². The van der Waals surface area contributed by atoms with Crippen molar-refractivity contribution in [3.8, 4) is 0 Å². The summed E-state index contributed by atoms with van der Waals surface area (Å²) in [7, 11) is 1.30. The molecule has 6 heteroatoms. The average molecular weight is 258 g/mol. The number of carbonyl (C=O) groups is 2. The first-order valence-corrected chi connectivity index (χ1v) is 6.19. The third kappa shape index (κ3) is 4.27. The molecular weight excluding hydrogens is 236 g/mol. The van der Waals surface area contributed by atoms with Gasteiger partial charge in [0, 0.05) is 20.0 Å². The predicted octanol–water partition coefficient (Wildman–Crippen LogP) is -0.633. The summed E-state index contributed by atoms with van der Waals surface area (Å²) in [5, 5.41) is 12.4. The molecule has 1 amide bonds. The molecule has 104 valence electrons. The van der Waals surface area contributed by atoms with E-state index in [0.29, 0.717) is 13.1 Å². The lowest BCUT2D eigenvalue weighted by atomic mass is 9.96. The second kappa shape index (κ2) is 6.70. The van der Waals surface area contributed by atoms with Gasteiger partial charge in [-0.1, -0.05) is 6.92 Å². The predicted molar refractivity (Wildman–Crippen MR) is 65.8 cm³/mol. The molecule has 3 unspecified atom stereocenters. The number of nitrogens with zero attached hydrogens (tertiary/aromatic N) is 1. The molecule has 1 heterocycles. The Morgan fingerprint density at radius 2 is 2.22 bits per heavy atom. The lowest BCUT2D eigenvalue weighted by molar-refractivity contribution is -0.145. The molecule has 0 saturated carbocycles. The Balaban J connectivity index is 2.55. The molecule has 18 heavy (non-hydrogen) atoms. The number of likely N-dealkylation sites (tertiary alicyclic amines) is 1. The number of aliphatic hydroxyl groups excluding tert-OH is 1. The number of hydrogen-bond donors (Lipinski definition) is 2. The van der Waals surface area contributed by atoms with E-state index < -0.39 is 12.0 Å². The summed E-state index contributed by atoms with van der Waals surface area (Å²) in [5.41, 5.74) is 0. The summed E-state index contributed by atoms with van der Waals surface area (Å²) in [5.74, 6) is -0.451. The molecule has 1 fully saturated rings. The van der Waals surface area contributed by atoms with Crippen LogP contribution in [0, 0.1) is 5.92 Å². The van der Waals surface area contributed by atoms with Gasteiger partial charge in [-0.2, -0.15) is 0 Å². The number of methoxy groups -OCH3 is 1. The highest BCUT2D eigenvalue weighted by Gasteiger charge is 2.29. The fraction of sp³-hybridized carbons (Fsp3) is 0.833. The number of β-amino-alcohol motifs (C(OH)–C–C–N with tert-alkyl or cyclic N) is 1. The topological polar surface area (TPSA) is 78.9 Å². The summed E-state index contributed by atoms with van der Waals surface area (Å²) in [4.78, 5) is 24.6. The van der Waals surface area contributed by atoms with Crippen molar-refractivity contribution in [1.29, 1.82) is 0 Å². The van der Waals surface area contributed by atoms with E-state index in [-0.39, 0.29) is 17.9 Å². The quantitative estimate of drug-likeness (QED) is 0.656. The van der Waals surface area contributed by atoms with Crippen molar-refractivity contribution in [2.75, 3.05) is 26.7 Å². The second-order valence-corrected chi connectivity index (χ2v) is 4.87. The molecule has 6 nitrogen and oxygen atoms in total. The Morgan fingerprint density at radius 3 is 2.72 bits per heavy atom. The highest BCUT2D eigenvalue weighted by Crippen LogP contribution is 2.17. The number of hydrogen-bond acceptors (Lipinski definition) is 5. The number of aliphatic hydroxyl groups is 1. The molecule has 0 bridgehead atoms. The number of ether oxygens (including phenoxy) is 1. The third-order valence-electron chi connectivity index (χ3n) is 3.31. The maximum Gasteiger partial charge on any atom is 0.329 e. The van der Waals surface area contributed by atoms with E-state index in [2.05, 4.69) is 10.1 Å². The van der Waals surface area contributed by atoms with Gasteiger partial charge in [-0.05, 0) is 18.9 Å². The molecule has 3 atom stereocenters. The first-order valence-electron chi connectivity index (χ1n) is 6.19. The molecule has 1 aliphatic heterocycles. The summed E-state index contributed by atoms with van der Waals surface area (Å²) >= 11 is 0. The molecular formula is C12H22N2O4. The van der Waals surface area contributed by atoms with Crippen LogP contribution in [0.2, 0.25) is 0 Å². The van der Waals surface area contributed by atoms with Crippen LogP contribution < -0.4 is 5.32 Å². The summed E-state index contributed by atoms with van der Waals surface area (Å²) < 4.78 is 4.66. The van der Waals surface area contributed by atoms with Gasteiger partial charge in [-0.25, -0.2) is 4.79 Å². The Hall–Kier alpha value is -1.14. The molecule has 1 aliphatic rings. The number of piperidine rings is 1. The lowest BCUT2D eigenvalue weighted by Gasteiger charge is -2.35. The number of esters is 1. The first kappa shape index (κ1) is 14.9. The van der Waals surface area contributed by atoms with Gasteiger partial charge in [0.25, 0.3) is 0 Å². The van der Waals surface area contributed by atoms with E-state index >= 15 is 0 Å². The Labute approximate surface area is 107 Å². The minimum absolute atomic E-state index is 0.267. The van der Waals surface area contributed by atoms with Gasteiger partial charge in [0.1, 0.15) is 6.04 Å². The van der Waals surface area contributed by atoms with Crippen LogP contribution in [0.1, 0.15) is 20.3 Å². The van der Waals surface area contributed by atoms with Crippen LogP contribution in [0.4, 0.5) is 0 Å². The third-order valence-corrected chi connectivity index (χ3v) is 3.31. The number of amides is 1. The van der Waals surface area contributed by atoms with Gasteiger partial charge < -0.3 is 15.2 Å². The number of rotatable bonds is 4. The highest BCUT2D eigenvalue weighted by molar-refractivity contribution is 5.83. The van der Waals surface area contributed by atoms with Crippen molar-refractivity contribution in [3.63, 3.8) is 0 Å². The highest BCUT2D eigenvalue weighted by atomic mass is 16.5. The SMILES string of the molecule is COC(=O)C(CN1CCC(C)C(O)C1)NC(C)=O. The van der Waals surface area contributed by atoms with Gasteiger partial charge in [0.05, 0.1) is 13.2 Å². The van der Waals surface area contributed by atoms with E-state index in [1.165, 1.54) is 14.0 Å². The van der Waals surface area contributed by atoms with Crippen molar-refractivity contribution in [3.05, 3.63) is 0 Å². The van der Waals surface area contributed by atoms with Gasteiger partial charge in [-0.15, -0.1) is 0 Å². The van der Waals surface area contributed by atoms with Crippen LogP contribution in [0.15, 0.2) is 0 Å². The molecule has 0 spiro atoms. The van der Waals surface area contributed by atoms with Crippen LogP contribution in [-0.2, 0) is 14.3 Å². The lowest BCUT2D eigenvalue weighted by Crippen LogP contribution is -2.52. The number of carbonyl (C=O) groups excluding carboxylic acids is 2. The number of nitrogens with one attached hydrogen (secondary N) is 1. The van der Waals surface area contributed by atoms with Crippen molar-refractivity contribution in [1.82, 2.24) is 10.2 Å². The maximum absolute atomic E-state index is 11.5. The maximum atomic E-state index is 11.5. The van der Waals surface area contributed by atoms with Gasteiger partial charge in [0.2, 0.25) is 5.91 Å². The molecule has 0 aromatic carbocycles. The fourth-order valence-electron chi connectivity index (χ4n) is 2.11. The molecule has 0 aromatic rings. The molecule has 0 aliphatic carbocycles. The van der Waals surface area contributed by atoms with Crippen LogP contribution in [0.3, 0.4) is 0 Å². The standard InChI is InChI=1S/C12H22N2O4/c1-8-4-5-14(7-11(8)16)6-10(12(17)18-3)13-9(2)15/h8,10-11,16H,4-7H2,1-3H3,(H,13,15). The second-order valence-electron chi connectivity index (χ2n) is 4.87. The molecule has 1 rings (SSSR count). The van der Waals surface area contributed by atoms with Crippen LogP contribution in [-0.4, -0.2) is 60.8 Å². The fourth-order valence-corrected chi connectivity index (χ4v) is 2.11. The smallest absolute Gasteiger partial charge is 0.329 e.